The van der Waals surface area contributed by atoms with Crippen LogP contribution < -0.4 is 5.73 Å². The molecule has 1 unspecified atom stereocenters. The van der Waals surface area contributed by atoms with Gasteiger partial charge in [0.1, 0.15) is 5.82 Å². The lowest BCUT2D eigenvalue weighted by molar-refractivity contribution is 0.110. The van der Waals surface area contributed by atoms with E-state index < -0.39 is 0 Å². The fourth-order valence-corrected chi connectivity index (χ4v) is 2.39. The van der Waals surface area contributed by atoms with Crippen LogP contribution in [0.1, 0.15) is 24.2 Å². The van der Waals surface area contributed by atoms with Gasteiger partial charge in [-0.15, -0.1) is 0 Å². The molecule has 90 valence electrons. The molecule has 2 aromatic heterocycles. The third kappa shape index (κ3) is 2.06. The Morgan fingerprint density at radius 1 is 1.53 bits per heavy atom. The first-order valence-corrected chi connectivity index (χ1v) is 6.13. The zero-order valence-corrected chi connectivity index (χ0v) is 9.80. The number of nitrogens with two attached hydrogens (primary N) is 1. The van der Waals surface area contributed by atoms with Crippen molar-refractivity contribution in [1.82, 2.24) is 9.38 Å². The molecule has 0 amide bonds. The standard InChI is InChI=1S/C13H17N3O/c14-8-10-3-4-16-11(6-10)9-15-13(16)7-12-2-1-5-17-12/h3-4,6,9,12H,1-2,5,7-8,14H2. The Balaban J connectivity index is 1.89. The van der Waals surface area contributed by atoms with E-state index in [1.165, 1.54) is 6.42 Å². The number of fused-ring (bicyclic) bond motifs is 1. The Labute approximate surface area is 100 Å². The molecule has 0 radical (unpaired) electrons. The summed E-state index contributed by atoms with van der Waals surface area (Å²) in [5.74, 6) is 1.08. The van der Waals surface area contributed by atoms with Gasteiger partial charge in [-0.25, -0.2) is 4.98 Å². The minimum atomic E-state index is 0.342. The lowest BCUT2D eigenvalue weighted by Crippen LogP contribution is -2.11. The van der Waals surface area contributed by atoms with Gasteiger partial charge in [-0.2, -0.15) is 0 Å². The van der Waals surface area contributed by atoms with Gasteiger partial charge < -0.3 is 14.9 Å². The molecule has 2 aromatic rings. The second-order valence-electron chi connectivity index (χ2n) is 4.55. The summed E-state index contributed by atoms with van der Waals surface area (Å²) in [5, 5.41) is 0. The van der Waals surface area contributed by atoms with E-state index in [1.807, 2.05) is 12.3 Å². The third-order valence-electron chi connectivity index (χ3n) is 3.34. The Morgan fingerprint density at radius 3 is 3.24 bits per heavy atom. The summed E-state index contributed by atoms with van der Waals surface area (Å²) in [6.45, 7) is 1.47. The number of hydrogen-bond acceptors (Lipinski definition) is 3. The van der Waals surface area contributed by atoms with E-state index in [1.54, 1.807) is 0 Å². The van der Waals surface area contributed by atoms with Crippen molar-refractivity contribution in [3.8, 4) is 0 Å². The average Bonchev–Trinajstić information content (AvgIpc) is 2.99. The summed E-state index contributed by atoms with van der Waals surface area (Å²) in [4.78, 5) is 4.48. The molecule has 4 nitrogen and oxygen atoms in total. The molecule has 4 heteroatoms. The van der Waals surface area contributed by atoms with Crippen molar-refractivity contribution >= 4 is 5.52 Å². The van der Waals surface area contributed by atoms with Gasteiger partial charge in [0.05, 0.1) is 17.8 Å². The molecule has 1 atom stereocenters. The predicted octanol–water partition coefficient (Wildman–Crippen LogP) is 1.51. The van der Waals surface area contributed by atoms with E-state index in [2.05, 4.69) is 21.6 Å². The molecule has 3 heterocycles. The number of ether oxygens (including phenoxy) is 1. The summed E-state index contributed by atoms with van der Waals surface area (Å²) in [6.07, 6.45) is 7.52. The molecular formula is C13H17N3O. The van der Waals surface area contributed by atoms with Crippen LogP contribution in [0.5, 0.6) is 0 Å². The molecule has 0 saturated carbocycles. The summed E-state index contributed by atoms with van der Waals surface area (Å²) in [7, 11) is 0. The highest BCUT2D eigenvalue weighted by Gasteiger charge is 2.18. The van der Waals surface area contributed by atoms with Crippen LogP contribution in [0.4, 0.5) is 0 Å². The second-order valence-corrected chi connectivity index (χ2v) is 4.55. The van der Waals surface area contributed by atoms with Crippen molar-refractivity contribution < 1.29 is 4.74 Å². The Hall–Kier alpha value is -1.39. The SMILES string of the molecule is NCc1ccn2c(CC3CCCO3)ncc2c1. The van der Waals surface area contributed by atoms with Crippen LogP contribution in [0, 0.1) is 0 Å². The van der Waals surface area contributed by atoms with Crippen molar-refractivity contribution in [2.45, 2.75) is 31.9 Å². The van der Waals surface area contributed by atoms with E-state index in [4.69, 9.17) is 10.5 Å². The molecule has 1 aliphatic heterocycles. The van der Waals surface area contributed by atoms with E-state index >= 15 is 0 Å². The maximum absolute atomic E-state index is 5.65. The largest absolute Gasteiger partial charge is 0.378 e. The highest BCUT2D eigenvalue weighted by atomic mass is 16.5. The summed E-state index contributed by atoms with van der Waals surface area (Å²) < 4.78 is 7.77. The Kier molecular flexibility index (Phi) is 2.82. The molecule has 1 saturated heterocycles. The van der Waals surface area contributed by atoms with E-state index in [9.17, 15) is 0 Å². The van der Waals surface area contributed by atoms with Crippen LogP contribution in [0.2, 0.25) is 0 Å². The van der Waals surface area contributed by atoms with Crippen molar-refractivity contribution in [2.75, 3.05) is 6.61 Å². The van der Waals surface area contributed by atoms with Crippen LogP contribution >= 0.6 is 0 Å². The average molecular weight is 231 g/mol. The summed E-state index contributed by atoms with van der Waals surface area (Å²) in [6, 6.07) is 4.14. The van der Waals surface area contributed by atoms with E-state index in [0.29, 0.717) is 12.6 Å². The van der Waals surface area contributed by atoms with Crippen molar-refractivity contribution in [1.29, 1.82) is 0 Å². The zero-order valence-electron chi connectivity index (χ0n) is 9.80. The molecule has 17 heavy (non-hydrogen) atoms. The molecule has 1 aliphatic rings. The minimum Gasteiger partial charge on any atom is -0.378 e. The smallest absolute Gasteiger partial charge is 0.115 e. The molecule has 1 fully saturated rings. The van der Waals surface area contributed by atoms with Gasteiger partial charge in [-0.1, -0.05) is 0 Å². The number of nitrogens with zero attached hydrogens (tertiary/aromatic N) is 2. The fraction of sp³-hybridized carbons (Fsp3) is 0.462. The first-order chi connectivity index (χ1) is 8.36. The first kappa shape index (κ1) is 10.7. The Morgan fingerprint density at radius 2 is 2.47 bits per heavy atom. The molecule has 0 spiro atoms. The Bertz CT molecular complexity index is 514. The molecule has 0 aliphatic carbocycles. The number of imidazole rings is 1. The second kappa shape index (κ2) is 4.47. The lowest BCUT2D eigenvalue weighted by Gasteiger charge is -2.08. The predicted molar refractivity (Wildman–Crippen MR) is 65.8 cm³/mol. The molecule has 2 N–H and O–H groups in total. The van der Waals surface area contributed by atoms with Crippen molar-refractivity contribution in [3.05, 3.63) is 35.9 Å². The highest BCUT2D eigenvalue weighted by Crippen LogP contribution is 2.18. The van der Waals surface area contributed by atoms with Crippen LogP contribution in [0.15, 0.2) is 24.5 Å². The highest BCUT2D eigenvalue weighted by molar-refractivity contribution is 5.48. The van der Waals surface area contributed by atoms with Gasteiger partial charge in [0.2, 0.25) is 0 Å². The van der Waals surface area contributed by atoms with Crippen LogP contribution in [0.3, 0.4) is 0 Å². The maximum Gasteiger partial charge on any atom is 0.115 e. The van der Waals surface area contributed by atoms with Crippen LogP contribution in [-0.4, -0.2) is 22.1 Å². The summed E-state index contributed by atoms with van der Waals surface area (Å²) >= 11 is 0. The van der Waals surface area contributed by atoms with Gasteiger partial charge >= 0.3 is 0 Å². The molecule has 0 aromatic carbocycles. The first-order valence-electron chi connectivity index (χ1n) is 6.13. The van der Waals surface area contributed by atoms with Crippen molar-refractivity contribution in [3.63, 3.8) is 0 Å². The number of rotatable bonds is 3. The number of pyridine rings is 1. The number of aromatic nitrogens is 2. The third-order valence-corrected chi connectivity index (χ3v) is 3.34. The van der Waals surface area contributed by atoms with Gasteiger partial charge in [0.25, 0.3) is 0 Å². The van der Waals surface area contributed by atoms with Crippen LogP contribution in [-0.2, 0) is 17.7 Å². The van der Waals surface area contributed by atoms with Gasteiger partial charge in [-0.3, -0.25) is 0 Å². The number of hydrogen-bond donors (Lipinski definition) is 1. The monoisotopic (exact) mass is 231 g/mol. The topological polar surface area (TPSA) is 52.5 Å². The van der Waals surface area contributed by atoms with Gasteiger partial charge in [0.15, 0.2) is 0 Å². The molecule has 3 rings (SSSR count). The fourth-order valence-electron chi connectivity index (χ4n) is 2.39. The zero-order chi connectivity index (χ0) is 11.7. The van der Waals surface area contributed by atoms with Gasteiger partial charge in [-0.05, 0) is 30.5 Å². The van der Waals surface area contributed by atoms with Crippen molar-refractivity contribution in [2.24, 2.45) is 5.73 Å². The molecular weight excluding hydrogens is 214 g/mol. The maximum atomic E-state index is 5.65. The van der Waals surface area contributed by atoms with Crippen LogP contribution in [0.25, 0.3) is 5.52 Å². The minimum absolute atomic E-state index is 0.342. The quantitative estimate of drug-likeness (QED) is 0.871. The van der Waals surface area contributed by atoms with E-state index in [0.717, 1.165) is 36.4 Å². The normalized spacial score (nSPS) is 20.2. The lowest BCUT2D eigenvalue weighted by atomic mass is 10.2. The van der Waals surface area contributed by atoms with E-state index in [-0.39, 0.29) is 0 Å². The summed E-state index contributed by atoms with van der Waals surface area (Å²) in [5.41, 5.74) is 7.88. The molecule has 0 bridgehead atoms. The van der Waals surface area contributed by atoms with Gasteiger partial charge in [0, 0.05) is 25.8 Å².